The second-order valence-corrected chi connectivity index (χ2v) is 2.52. The van der Waals surface area contributed by atoms with E-state index in [1.807, 2.05) is 0 Å². The van der Waals surface area contributed by atoms with Gasteiger partial charge >= 0.3 is 0 Å². The van der Waals surface area contributed by atoms with E-state index in [0.29, 0.717) is 11.6 Å². The van der Waals surface area contributed by atoms with Crippen LogP contribution in [-0.2, 0) is 4.79 Å². The molecule has 0 saturated carbocycles. The molecule has 1 heterocycles. The number of rotatable bonds is 4. The zero-order valence-corrected chi connectivity index (χ0v) is 8.07. The van der Waals surface area contributed by atoms with Gasteiger partial charge in [0, 0.05) is 0 Å². The molecule has 1 aromatic rings. The standard InChI is InChI=1S/C8H12N4O2/c1-9-4-7(13)12-6-3-10-5-11-8(6)14-2/h3,5,9H,4H2,1-2H3,(H,12,13). The highest BCUT2D eigenvalue weighted by Crippen LogP contribution is 2.17. The molecule has 0 saturated heterocycles. The van der Waals surface area contributed by atoms with E-state index in [1.54, 1.807) is 7.05 Å². The number of carbonyl (C=O) groups excluding carboxylic acids is 1. The Bertz CT molecular complexity index is 316. The SMILES string of the molecule is CNCC(=O)Nc1cncnc1OC. The number of nitrogens with one attached hydrogen (secondary N) is 2. The fourth-order valence-corrected chi connectivity index (χ4v) is 0.922. The van der Waals surface area contributed by atoms with Crippen molar-refractivity contribution >= 4 is 11.6 Å². The normalized spacial score (nSPS) is 9.57. The summed E-state index contributed by atoms with van der Waals surface area (Å²) in [6, 6.07) is 0. The van der Waals surface area contributed by atoms with Gasteiger partial charge in [-0.25, -0.2) is 4.98 Å². The summed E-state index contributed by atoms with van der Waals surface area (Å²) in [5.74, 6) is 0.185. The second-order valence-electron chi connectivity index (χ2n) is 2.52. The lowest BCUT2D eigenvalue weighted by Gasteiger charge is -2.07. The molecule has 0 atom stereocenters. The summed E-state index contributed by atoms with van der Waals surface area (Å²) in [6.07, 6.45) is 2.84. The number of amides is 1. The number of nitrogens with zero attached hydrogens (tertiary/aromatic N) is 2. The Morgan fingerprint density at radius 3 is 3.07 bits per heavy atom. The summed E-state index contributed by atoms with van der Waals surface area (Å²) in [7, 11) is 3.17. The predicted octanol–water partition coefficient (Wildman–Crippen LogP) is -0.357. The van der Waals surface area contributed by atoms with Gasteiger partial charge in [0.2, 0.25) is 11.8 Å². The number of aromatic nitrogens is 2. The van der Waals surface area contributed by atoms with Crippen molar-refractivity contribution in [3.05, 3.63) is 12.5 Å². The Kier molecular flexibility index (Phi) is 3.81. The van der Waals surface area contributed by atoms with Crippen molar-refractivity contribution in [2.75, 3.05) is 26.0 Å². The predicted molar refractivity (Wildman–Crippen MR) is 51.1 cm³/mol. The summed E-state index contributed by atoms with van der Waals surface area (Å²) in [5.41, 5.74) is 0.468. The zero-order valence-electron chi connectivity index (χ0n) is 8.07. The average molecular weight is 196 g/mol. The third-order valence-corrected chi connectivity index (χ3v) is 1.48. The lowest BCUT2D eigenvalue weighted by molar-refractivity contribution is -0.115. The van der Waals surface area contributed by atoms with Gasteiger partial charge in [0.15, 0.2) is 0 Å². The highest BCUT2D eigenvalue weighted by molar-refractivity contribution is 5.93. The summed E-state index contributed by atoms with van der Waals surface area (Å²) in [5, 5.41) is 5.34. The van der Waals surface area contributed by atoms with Gasteiger partial charge < -0.3 is 15.4 Å². The molecule has 14 heavy (non-hydrogen) atoms. The van der Waals surface area contributed by atoms with E-state index in [1.165, 1.54) is 19.6 Å². The number of carbonyl (C=O) groups is 1. The average Bonchev–Trinajstić information content (AvgIpc) is 2.19. The molecule has 0 spiro atoms. The third kappa shape index (κ3) is 2.67. The summed E-state index contributed by atoms with van der Waals surface area (Å²) < 4.78 is 4.94. The van der Waals surface area contributed by atoms with Gasteiger partial charge in [-0.1, -0.05) is 0 Å². The number of likely N-dealkylation sites (N-methyl/N-ethyl adjacent to an activating group) is 1. The minimum Gasteiger partial charge on any atom is -0.479 e. The van der Waals surface area contributed by atoms with Crippen molar-refractivity contribution in [3.8, 4) is 5.88 Å². The lowest BCUT2D eigenvalue weighted by atomic mass is 10.4. The fraction of sp³-hybridized carbons (Fsp3) is 0.375. The van der Waals surface area contributed by atoms with Crippen LogP contribution in [0.5, 0.6) is 5.88 Å². The van der Waals surface area contributed by atoms with E-state index in [-0.39, 0.29) is 12.5 Å². The van der Waals surface area contributed by atoms with Crippen molar-refractivity contribution in [1.82, 2.24) is 15.3 Å². The molecule has 76 valence electrons. The van der Waals surface area contributed by atoms with Gasteiger partial charge in [-0.15, -0.1) is 0 Å². The largest absolute Gasteiger partial charge is 0.479 e. The molecule has 0 aliphatic rings. The van der Waals surface area contributed by atoms with Crippen LogP contribution in [0.2, 0.25) is 0 Å². The molecule has 0 radical (unpaired) electrons. The molecule has 0 bridgehead atoms. The van der Waals surface area contributed by atoms with Gasteiger partial charge in [0.05, 0.1) is 19.9 Å². The maximum Gasteiger partial charge on any atom is 0.240 e. The first kappa shape index (κ1) is 10.4. The Labute approximate surface area is 81.7 Å². The van der Waals surface area contributed by atoms with Crippen LogP contribution in [0.3, 0.4) is 0 Å². The molecular formula is C8H12N4O2. The van der Waals surface area contributed by atoms with E-state index in [4.69, 9.17) is 4.74 Å². The quantitative estimate of drug-likeness (QED) is 0.688. The number of anilines is 1. The molecular weight excluding hydrogens is 184 g/mol. The smallest absolute Gasteiger partial charge is 0.240 e. The van der Waals surface area contributed by atoms with Crippen LogP contribution in [0.25, 0.3) is 0 Å². The van der Waals surface area contributed by atoms with Crippen molar-refractivity contribution in [2.45, 2.75) is 0 Å². The number of methoxy groups -OCH3 is 1. The molecule has 2 N–H and O–H groups in total. The Morgan fingerprint density at radius 1 is 1.64 bits per heavy atom. The summed E-state index contributed by atoms with van der Waals surface area (Å²) in [4.78, 5) is 18.8. The Hall–Kier alpha value is -1.69. The van der Waals surface area contributed by atoms with E-state index >= 15 is 0 Å². The summed E-state index contributed by atoms with van der Waals surface area (Å²) in [6.45, 7) is 0.234. The van der Waals surface area contributed by atoms with Gasteiger partial charge in [-0.05, 0) is 7.05 Å². The minimum absolute atomic E-state index is 0.166. The van der Waals surface area contributed by atoms with E-state index in [2.05, 4.69) is 20.6 Å². The van der Waals surface area contributed by atoms with Gasteiger partial charge in [0.1, 0.15) is 12.0 Å². The van der Waals surface area contributed by atoms with Crippen LogP contribution in [0.1, 0.15) is 0 Å². The first-order valence-corrected chi connectivity index (χ1v) is 4.06. The third-order valence-electron chi connectivity index (χ3n) is 1.48. The van der Waals surface area contributed by atoms with Crippen molar-refractivity contribution < 1.29 is 9.53 Å². The molecule has 1 rings (SSSR count). The number of ether oxygens (including phenoxy) is 1. The van der Waals surface area contributed by atoms with Crippen LogP contribution in [0.15, 0.2) is 12.5 Å². The van der Waals surface area contributed by atoms with Crippen molar-refractivity contribution in [2.24, 2.45) is 0 Å². The molecule has 6 nitrogen and oxygen atoms in total. The summed E-state index contributed by atoms with van der Waals surface area (Å²) >= 11 is 0. The van der Waals surface area contributed by atoms with Crippen molar-refractivity contribution in [1.29, 1.82) is 0 Å². The maximum atomic E-state index is 11.2. The molecule has 0 fully saturated rings. The lowest BCUT2D eigenvalue weighted by Crippen LogP contribution is -2.25. The minimum atomic E-state index is -0.166. The van der Waals surface area contributed by atoms with Crippen LogP contribution < -0.4 is 15.4 Å². The van der Waals surface area contributed by atoms with Crippen LogP contribution in [-0.4, -0.2) is 36.6 Å². The van der Waals surface area contributed by atoms with Crippen LogP contribution in [0, 0.1) is 0 Å². The molecule has 1 aromatic heterocycles. The molecule has 1 amide bonds. The van der Waals surface area contributed by atoms with Crippen LogP contribution in [0.4, 0.5) is 5.69 Å². The fourth-order valence-electron chi connectivity index (χ4n) is 0.922. The zero-order chi connectivity index (χ0) is 10.4. The highest BCUT2D eigenvalue weighted by atomic mass is 16.5. The molecule has 0 unspecified atom stereocenters. The van der Waals surface area contributed by atoms with Crippen molar-refractivity contribution in [3.63, 3.8) is 0 Å². The van der Waals surface area contributed by atoms with Gasteiger partial charge in [-0.2, -0.15) is 4.98 Å². The number of hydrogen-bond acceptors (Lipinski definition) is 5. The topological polar surface area (TPSA) is 76.1 Å². The molecule has 0 aliphatic carbocycles. The Morgan fingerprint density at radius 2 is 2.43 bits per heavy atom. The maximum absolute atomic E-state index is 11.2. The van der Waals surface area contributed by atoms with Gasteiger partial charge in [-0.3, -0.25) is 4.79 Å². The molecule has 0 aromatic carbocycles. The Balaban J connectivity index is 2.70. The molecule has 0 aliphatic heterocycles. The van der Waals surface area contributed by atoms with Gasteiger partial charge in [0.25, 0.3) is 0 Å². The first-order valence-electron chi connectivity index (χ1n) is 4.06. The monoisotopic (exact) mass is 196 g/mol. The first-order chi connectivity index (χ1) is 6.77. The number of hydrogen-bond donors (Lipinski definition) is 2. The molecule has 6 heteroatoms. The second kappa shape index (κ2) is 5.13. The van der Waals surface area contributed by atoms with E-state index in [0.717, 1.165) is 0 Å². The van der Waals surface area contributed by atoms with Crippen LogP contribution >= 0.6 is 0 Å². The highest BCUT2D eigenvalue weighted by Gasteiger charge is 2.06. The van der Waals surface area contributed by atoms with E-state index < -0.39 is 0 Å². The van der Waals surface area contributed by atoms with E-state index in [9.17, 15) is 4.79 Å².